The van der Waals surface area contributed by atoms with Crippen molar-refractivity contribution in [3.63, 3.8) is 0 Å². The van der Waals surface area contributed by atoms with Crippen molar-refractivity contribution in [3.8, 4) is 0 Å². The minimum atomic E-state index is 0.444. The smallest absolute Gasteiger partial charge is 0.200 e. The van der Waals surface area contributed by atoms with Crippen LogP contribution in [0.4, 0.5) is 0 Å². The molecule has 1 heterocycles. The van der Waals surface area contributed by atoms with Crippen LogP contribution in [0.15, 0.2) is 34.3 Å². The minimum absolute atomic E-state index is 0.444. The molecule has 0 aliphatic carbocycles. The molecular weight excluding hydrogens is 270 g/mol. The van der Waals surface area contributed by atoms with Crippen LogP contribution in [0.1, 0.15) is 11.4 Å². The zero-order valence-corrected chi connectivity index (χ0v) is 11.7. The Bertz CT molecular complexity index is 580. The van der Waals surface area contributed by atoms with Gasteiger partial charge in [-0.1, -0.05) is 17.7 Å². The van der Waals surface area contributed by atoms with E-state index < -0.39 is 0 Å². The maximum absolute atomic E-state index is 5.04. The lowest BCUT2D eigenvalue weighted by molar-refractivity contribution is 0.838. The quantitative estimate of drug-likeness (QED) is 0.668. The number of benzene rings is 1. The van der Waals surface area contributed by atoms with E-state index in [1.165, 1.54) is 17.3 Å². The number of nitrogens with zero attached hydrogens (tertiary/aromatic N) is 2. The molecule has 17 heavy (non-hydrogen) atoms. The van der Waals surface area contributed by atoms with Crippen molar-refractivity contribution in [2.75, 3.05) is 0 Å². The van der Waals surface area contributed by atoms with Gasteiger partial charge in [-0.2, -0.15) is 17.6 Å². The van der Waals surface area contributed by atoms with Crippen LogP contribution in [0.25, 0.3) is 0 Å². The lowest BCUT2D eigenvalue weighted by Crippen LogP contribution is -1.97. The van der Waals surface area contributed by atoms with E-state index in [1.807, 2.05) is 12.1 Å². The first-order valence-electron chi connectivity index (χ1n) is 5.00. The molecule has 0 aliphatic heterocycles. The van der Waals surface area contributed by atoms with Gasteiger partial charge in [-0.25, -0.2) is 4.98 Å². The van der Waals surface area contributed by atoms with Gasteiger partial charge in [0.05, 0.1) is 0 Å². The van der Waals surface area contributed by atoms with Crippen LogP contribution in [0.3, 0.4) is 0 Å². The Labute approximate surface area is 115 Å². The van der Waals surface area contributed by atoms with Gasteiger partial charge < -0.3 is 4.98 Å². The molecule has 88 valence electrons. The second-order valence-corrected chi connectivity index (χ2v) is 5.20. The minimum Gasteiger partial charge on any atom is -0.318 e. The number of aromatic nitrogens is 3. The number of hydrogen-bond acceptors (Lipinski definition) is 5. The second-order valence-electron chi connectivity index (χ2n) is 3.46. The predicted molar refractivity (Wildman–Crippen MR) is 75.2 cm³/mol. The molecule has 6 heteroatoms. The zero-order valence-electron chi connectivity index (χ0n) is 9.17. The van der Waals surface area contributed by atoms with Crippen LogP contribution in [0, 0.1) is 11.7 Å². The van der Waals surface area contributed by atoms with Crippen molar-refractivity contribution >= 4 is 36.6 Å². The van der Waals surface area contributed by atoms with E-state index in [2.05, 4.69) is 46.6 Å². The first-order valence-corrected chi connectivity index (χ1v) is 6.86. The van der Waals surface area contributed by atoms with Gasteiger partial charge in [0.25, 0.3) is 0 Å². The highest BCUT2D eigenvalue weighted by molar-refractivity contribution is 7.99. The third-order valence-electron chi connectivity index (χ3n) is 2.03. The summed E-state index contributed by atoms with van der Waals surface area (Å²) in [5, 5.41) is 0.656. The lowest BCUT2D eigenvalue weighted by Gasteiger charge is -2.02. The van der Waals surface area contributed by atoms with Crippen molar-refractivity contribution in [1.29, 1.82) is 0 Å². The molecule has 0 saturated carbocycles. The second kappa shape index (κ2) is 5.66. The van der Waals surface area contributed by atoms with E-state index in [1.54, 1.807) is 0 Å². The number of rotatable bonds is 3. The van der Waals surface area contributed by atoms with Crippen molar-refractivity contribution in [2.45, 2.75) is 22.7 Å². The molecule has 0 aliphatic rings. The number of aryl methyl sites for hydroxylation is 1. The molecule has 1 aromatic heterocycles. The Morgan fingerprint density at radius 2 is 2.24 bits per heavy atom. The summed E-state index contributed by atoms with van der Waals surface area (Å²) in [6.45, 7) is 2.06. The van der Waals surface area contributed by atoms with Gasteiger partial charge in [-0.05, 0) is 43.0 Å². The summed E-state index contributed by atoms with van der Waals surface area (Å²) in [5.74, 6) is 1.26. The average Bonchev–Trinajstić information content (AvgIpc) is 2.28. The van der Waals surface area contributed by atoms with Gasteiger partial charge in [-0.3, -0.25) is 0 Å². The van der Waals surface area contributed by atoms with E-state index in [-0.39, 0.29) is 0 Å². The Hall–Kier alpha value is -0.850. The van der Waals surface area contributed by atoms with Gasteiger partial charge in [0.1, 0.15) is 5.82 Å². The molecule has 0 saturated heterocycles. The largest absolute Gasteiger partial charge is 0.318 e. The van der Waals surface area contributed by atoms with Gasteiger partial charge in [0, 0.05) is 10.6 Å². The topological polar surface area (TPSA) is 41.6 Å². The molecule has 1 N–H and O–H groups in total. The van der Waals surface area contributed by atoms with Crippen molar-refractivity contribution in [3.05, 3.63) is 40.4 Å². The Kier molecular flexibility index (Phi) is 4.20. The summed E-state index contributed by atoms with van der Waals surface area (Å²) >= 11 is 10.7. The fourth-order valence-corrected chi connectivity index (χ4v) is 2.62. The molecule has 0 bridgehead atoms. The summed E-state index contributed by atoms with van der Waals surface area (Å²) < 4.78 is 0.444. The first kappa shape index (κ1) is 12.6. The third kappa shape index (κ3) is 3.55. The summed E-state index contributed by atoms with van der Waals surface area (Å²) in [5.41, 5.74) is 1.21. The normalized spacial score (nSPS) is 10.5. The fraction of sp³-hybridized carbons (Fsp3) is 0.182. The summed E-state index contributed by atoms with van der Waals surface area (Å²) in [6.07, 6.45) is 0. The molecule has 2 rings (SSSR count). The Balaban J connectivity index is 2.29. The molecule has 0 amide bonds. The molecule has 0 fully saturated rings. The summed E-state index contributed by atoms with van der Waals surface area (Å²) in [6, 6.07) is 8.19. The Morgan fingerprint density at radius 3 is 2.94 bits per heavy atom. The maximum Gasteiger partial charge on any atom is 0.200 e. The van der Waals surface area contributed by atoms with Gasteiger partial charge in [0.2, 0.25) is 4.77 Å². The van der Waals surface area contributed by atoms with E-state index in [9.17, 15) is 0 Å². The molecule has 1 aromatic carbocycles. The van der Waals surface area contributed by atoms with Crippen LogP contribution in [0.2, 0.25) is 0 Å². The highest BCUT2D eigenvalue weighted by Crippen LogP contribution is 2.24. The number of thiol groups is 1. The van der Waals surface area contributed by atoms with Crippen LogP contribution in [-0.2, 0) is 5.75 Å². The Morgan fingerprint density at radius 1 is 1.41 bits per heavy atom. The van der Waals surface area contributed by atoms with Crippen LogP contribution in [-0.4, -0.2) is 15.0 Å². The van der Waals surface area contributed by atoms with Gasteiger partial charge >= 0.3 is 0 Å². The van der Waals surface area contributed by atoms with Crippen LogP contribution >= 0.6 is 36.6 Å². The lowest BCUT2D eigenvalue weighted by atomic mass is 10.2. The standard InChI is InChI=1S/C11H11N3S3/c1-7-3-2-4-8(5-7)17-11-13-9(6-15)12-10(16)14-11/h2-5,15H,6H2,1H3,(H,12,13,14,16). The summed E-state index contributed by atoms with van der Waals surface area (Å²) in [7, 11) is 0. The summed E-state index contributed by atoms with van der Waals surface area (Å²) in [4.78, 5) is 12.5. The van der Waals surface area contributed by atoms with Crippen LogP contribution < -0.4 is 0 Å². The molecule has 0 radical (unpaired) electrons. The number of H-pyrrole nitrogens is 1. The van der Waals surface area contributed by atoms with Crippen molar-refractivity contribution in [2.24, 2.45) is 0 Å². The fourth-order valence-electron chi connectivity index (χ4n) is 1.31. The molecule has 3 nitrogen and oxygen atoms in total. The van der Waals surface area contributed by atoms with Gasteiger partial charge in [0.15, 0.2) is 5.16 Å². The zero-order chi connectivity index (χ0) is 12.3. The highest BCUT2D eigenvalue weighted by Gasteiger charge is 2.03. The number of aromatic amines is 1. The first-order chi connectivity index (χ1) is 8.17. The SMILES string of the molecule is Cc1cccc(Sc2nc(CS)[nH]c(=S)n2)c1. The molecular formula is C11H11N3S3. The van der Waals surface area contributed by atoms with E-state index in [4.69, 9.17) is 12.2 Å². The molecule has 2 aromatic rings. The highest BCUT2D eigenvalue weighted by atomic mass is 32.2. The van der Waals surface area contributed by atoms with E-state index >= 15 is 0 Å². The molecule has 0 spiro atoms. The number of nitrogens with one attached hydrogen (secondary N) is 1. The third-order valence-corrected chi connectivity index (χ3v) is 3.38. The molecule has 0 unspecified atom stereocenters. The maximum atomic E-state index is 5.04. The average molecular weight is 281 g/mol. The van der Waals surface area contributed by atoms with Crippen molar-refractivity contribution < 1.29 is 0 Å². The van der Waals surface area contributed by atoms with E-state index in [0.29, 0.717) is 15.7 Å². The van der Waals surface area contributed by atoms with E-state index in [0.717, 1.165) is 10.7 Å². The van der Waals surface area contributed by atoms with Crippen molar-refractivity contribution in [1.82, 2.24) is 15.0 Å². The monoisotopic (exact) mass is 281 g/mol. The van der Waals surface area contributed by atoms with Crippen LogP contribution in [0.5, 0.6) is 0 Å². The number of hydrogen-bond donors (Lipinski definition) is 2. The van der Waals surface area contributed by atoms with Gasteiger partial charge in [-0.15, -0.1) is 0 Å². The predicted octanol–water partition coefficient (Wildman–Crippen LogP) is 3.42. The molecule has 0 atom stereocenters.